The second-order valence-electron chi connectivity index (χ2n) is 8.14. The van der Waals surface area contributed by atoms with Crippen LogP contribution in [0.5, 0.6) is 0 Å². The topological polar surface area (TPSA) is 119 Å². The molecule has 0 aromatic heterocycles. The Labute approximate surface area is 199 Å². The largest absolute Gasteiger partial charge is 0.456 e. The van der Waals surface area contributed by atoms with E-state index in [0.29, 0.717) is 18.8 Å². The van der Waals surface area contributed by atoms with Gasteiger partial charge in [0, 0.05) is 24.2 Å². The molecule has 1 atom stereocenters. The third-order valence-electron chi connectivity index (χ3n) is 5.35. The Kier molecular flexibility index (Phi) is 8.54. The SMILES string of the molecule is CC(C)[C@H](NC(=O)c1cccc(S(=O)(=O)N2CCOCC2)c1)C(=O)OCC(=O)c1ccccc1. The van der Waals surface area contributed by atoms with Crippen molar-refractivity contribution in [1.82, 2.24) is 9.62 Å². The predicted molar refractivity (Wildman–Crippen MR) is 124 cm³/mol. The summed E-state index contributed by atoms with van der Waals surface area (Å²) in [5.74, 6) is -2.05. The summed E-state index contributed by atoms with van der Waals surface area (Å²) < 4.78 is 37.5. The van der Waals surface area contributed by atoms with Gasteiger partial charge in [-0.15, -0.1) is 0 Å². The summed E-state index contributed by atoms with van der Waals surface area (Å²) in [5, 5.41) is 2.60. The van der Waals surface area contributed by atoms with Crippen molar-refractivity contribution in [2.24, 2.45) is 5.92 Å². The molecule has 3 rings (SSSR count). The molecule has 9 nitrogen and oxygen atoms in total. The minimum Gasteiger partial charge on any atom is -0.456 e. The van der Waals surface area contributed by atoms with Crippen LogP contribution in [0.25, 0.3) is 0 Å². The minimum atomic E-state index is -3.78. The van der Waals surface area contributed by atoms with Crippen molar-refractivity contribution in [3.05, 3.63) is 65.7 Å². The van der Waals surface area contributed by atoms with Crippen molar-refractivity contribution in [2.75, 3.05) is 32.9 Å². The highest BCUT2D eigenvalue weighted by Crippen LogP contribution is 2.19. The molecule has 182 valence electrons. The quantitative estimate of drug-likeness (QED) is 0.423. The highest BCUT2D eigenvalue weighted by Gasteiger charge is 2.29. The van der Waals surface area contributed by atoms with Crippen LogP contribution in [0.1, 0.15) is 34.6 Å². The number of hydrogen-bond acceptors (Lipinski definition) is 7. The molecule has 0 unspecified atom stereocenters. The van der Waals surface area contributed by atoms with Crippen LogP contribution in [0.2, 0.25) is 0 Å². The number of Topliss-reactive ketones (excluding diaryl/α,β-unsaturated/α-hetero) is 1. The minimum absolute atomic E-state index is 0.0146. The van der Waals surface area contributed by atoms with Gasteiger partial charge in [0.15, 0.2) is 12.4 Å². The molecule has 0 radical (unpaired) electrons. The van der Waals surface area contributed by atoms with Gasteiger partial charge in [0.2, 0.25) is 10.0 Å². The van der Waals surface area contributed by atoms with E-state index in [0.717, 1.165) is 0 Å². The summed E-state index contributed by atoms with van der Waals surface area (Å²) in [7, 11) is -3.78. The molecule has 0 bridgehead atoms. The Balaban J connectivity index is 1.68. The number of esters is 1. The monoisotopic (exact) mass is 488 g/mol. The van der Waals surface area contributed by atoms with Gasteiger partial charge in [-0.2, -0.15) is 4.31 Å². The van der Waals surface area contributed by atoms with Crippen molar-refractivity contribution in [2.45, 2.75) is 24.8 Å². The summed E-state index contributed by atoms with van der Waals surface area (Å²) in [6, 6.07) is 13.1. The van der Waals surface area contributed by atoms with E-state index in [1.807, 2.05) is 0 Å². The Morgan fingerprint density at radius 3 is 2.29 bits per heavy atom. The predicted octanol–water partition coefficient (Wildman–Crippen LogP) is 1.89. The summed E-state index contributed by atoms with van der Waals surface area (Å²) in [6.45, 7) is 4.10. The number of amides is 1. The Morgan fingerprint density at radius 2 is 1.65 bits per heavy atom. The number of ether oxygens (including phenoxy) is 2. The molecule has 1 aliphatic rings. The maximum atomic E-state index is 12.9. The number of nitrogens with one attached hydrogen (secondary N) is 1. The summed E-state index contributed by atoms with van der Waals surface area (Å²) >= 11 is 0. The molecule has 2 aromatic rings. The first kappa shape index (κ1) is 25.5. The van der Waals surface area contributed by atoms with Crippen LogP contribution in [-0.2, 0) is 24.3 Å². The van der Waals surface area contributed by atoms with E-state index in [1.54, 1.807) is 44.2 Å². The van der Waals surface area contributed by atoms with E-state index in [2.05, 4.69) is 5.32 Å². The number of ketones is 1. The Bertz CT molecular complexity index is 1130. The van der Waals surface area contributed by atoms with Gasteiger partial charge in [0.05, 0.1) is 18.1 Å². The van der Waals surface area contributed by atoms with Crippen molar-refractivity contribution >= 4 is 27.7 Å². The Morgan fingerprint density at radius 1 is 1.00 bits per heavy atom. The number of carbonyl (C=O) groups excluding carboxylic acids is 3. The molecule has 0 spiro atoms. The summed E-state index contributed by atoms with van der Waals surface area (Å²) in [5.41, 5.74) is 0.506. The van der Waals surface area contributed by atoms with Crippen LogP contribution in [-0.4, -0.2) is 69.3 Å². The highest BCUT2D eigenvalue weighted by atomic mass is 32.2. The van der Waals surface area contributed by atoms with Crippen molar-refractivity contribution in [1.29, 1.82) is 0 Å². The van der Waals surface area contributed by atoms with E-state index >= 15 is 0 Å². The summed E-state index contributed by atoms with van der Waals surface area (Å²) in [6.07, 6.45) is 0. The zero-order valence-corrected chi connectivity index (χ0v) is 19.9. The number of sulfonamides is 1. The highest BCUT2D eigenvalue weighted by molar-refractivity contribution is 7.89. The van der Waals surface area contributed by atoms with Crippen LogP contribution >= 0.6 is 0 Å². The van der Waals surface area contributed by atoms with E-state index in [4.69, 9.17) is 9.47 Å². The van der Waals surface area contributed by atoms with Crippen LogP contribution in [0, 0.1) is 5.92 Å². The number of morpholine rings is 1. The number of rotatable bonds is 9. The fraction of sp³-hybridized carbons (Fsp3) is 0.375. The van der Waals surface area contributed by atoms with Gasteiger partial charge in [0.1, 0.15) is 6.04 Å². The van der Waals surface area contributed by atoms with Crippen LogP contribution in [0.15, 0.2) is 59.5 Å². The summed E-state index contributed by atoms with van der Waals surface area (Å²) in [4.78, 5) is 37.7. The third kappa shape index (κ3) is 6.28. The van der Waals surface area contributed by atoms with Crippen molar-refractivity contribution < 1.29 is 32.3 Å². The van der Waals surface area contributed by atoms with Crippen LogP contribution in [0.3, 0.4) is 0 Å². The van der Waals surface area contributed by atoms with Gasteiger partial charge in [-0.05, 0) is 24.1 Å². The molecule has 1 aliphatic heterocycles. The normalized spacial score (nSPS) is 15.5. The molecule has 2 aromatic carbocycles. The molecular formula is C24H28N2O7S. The lowest BCUT2D eigenvalue weighted by atomic mass is 10.0. The first-order valence-corrected chi connectivity index (χ1v) is 12.4. The van der Waals surface area contributed by atoms with Gasteiger partial charge in [-0.1, -0.05) is 50.2 Å². The van der Waals surface area contributed by atoms with E-state index < -0.39 is 34.5 Å². The molecular weight excluding hydrogens is 460 g/mol. The molecule has 0 saturated carbocycles. The van der Waals surface area contributed by atoms with Gasteiger partial charge < -0.3 is 14.8 Å². The van der Waals surface area contributed by atoms with E-state index in [9.17, 15) is 22.8 Å². The molecule has 1 saturated heterocycles. The molecule has 1 heterocycles. The molecule has 1 N–H and O–H groups in total. The third-order valence-corrected chi connectivity index (χ3v) is 7.25. The van der Waals surface area contributed by atoms with Gasteiger partial charge >= 0.3 is 5.97 Å². The number of benzene rings is 2. The van der Waals surface area contributed by atoms with Crippen LogP contribution in [0.4, 0.5) is 0 Å². The standard InChI is InChI=1S/C24H28N2O7S/c1-17(2)22(24(29)33-16-21(27)18-7-4-3-5-8-18)25-23(28)19-9-6-10-20(15-19)34(30,31)26-11-13-32-14-12-26/h3-10,15,17,22H,11-14,16H2,1-2H3,(H,25,28)/t22-/m0/s1. The van der Waals surface area contributed by atoms with Crippen LogP contribution < -0.4 is 5.32 Å². The first-order chi connectivity index (χ1) is 16.2. The smallest absolute Gasteiger partial charge is 0.329 e. The van der Waals surface area contributed by atoms with Gasteiger partial charge in [0.25, 0.3) is 5.91 Å². The average molecular weight is 489 g/mol. The molecule has 34 heavy (non-hydrogen) atoms. The second-order valence-corrected chi connectivity index (χ2v) is 10.1. The Hall–Kier alpha value is -3.08. The first-order valence-electron chi connectivity index (χ1n) is 10.9. The maximum Gasteiger partial charge on any atom is 0.329 e. The zero-order chi connectivity index (χ0) is 24.7. The molecule has 10 heteroatoms. The number of hydrogen-bond donors (Lipinski definition) is 1. The number of nitrogens with zero attached hydrogens (tertiary/aromatic N) is 1. The maximum absolute atomic E-state index is 12.9. The molecule has 0 aliphatic carbocycles. The van der Waals surface area contributed by atoms with Crippen molar-refractivity contribution in [3.63, 3.8) is 0 Å². The zero-order valence-electron chi connectivity index (χ0n) is 19.1. The second kappa shape index (κ2) is 11.4. The van der Waals surface area contributed by atoms with Crippen molar-refractivity contribution in [3.8, 4) is 0 Å². The fourth-order valence-electron chi connectivity index (χ4n) is 3.39. The lowest BCUT2D eigenvalue weighted by Gasteiger charge is -2.26. The molecule has 1 amide bonds. The lowest BCUT2D eigenvalue weighted by molar-refractivity contribution is -0.145. The van der Waals surface area contributed by atoms with E-state index in [1.165, 1.54) is 28.6 Å². The fourth-order valence-corrected chi connectivity index (χ4v) is 4.84. The van der Waals surface area contributed by atoms with Gasteiger partial charge in [-0.3, -0.25) is 9.59 Å². The molecule has 1 fully saturated rings. The average Bonchev–Trinajstić information content (AvgIpc) is 2.86. The van der Waals surface area contributed by atoms with Gasteiger partial charge in [-0.25, -0.2) is 13.2 Å². The number of carbonyl (C=O) groups is 3. The lowest BCUT2D eigenvalue weighted by Crippen LogP contribution is -2.45. The van der Waals surface area contributed by atoms with E-state index in [-0.39, 0.29) is 35.2 Å².